The van der Waals surface area contributed by atoms with Gasteiger partial charge in [0.2, 0.25) is 0 Å². The van der Waals surface area contributed by atoms with Crippen molar-refractivity contribution < 1.29 is 19.1 Å². The van der Waals surface area contributed by atoms with E-state index in [1.807, 2.05) is 20.8 Å². The highest BCUT2D eigenvalue weighted by molar-refractivity contribution is 7.81. The molecule has 0 aromatic carbocycles. The van der Waals surface area contributed by atoms with E-state index in [4.69, 9.17) is 9.47 Å². The van der Waals surface area contributed by atoms with Crippen LogP contribution >= 0.6 is 12.6 Å². The highest BCUT2D eigenvalue weighted by Crippen LogP contribution is 2.17. The Kier molecular flexibility index (Phi) is 4.07. The maximum atomic E-state index is 11.5. The van der Waals surface area contributed by atoms with Crippen molar-refractivity contribution in [2.75, 3.05) is 18.8 Å². The molecule has 1 saturated heterocycles. The second-order valence-electron chi connectivity index (χ2n) is 4.66. The van der Waals surface area contributed by atoms with E-state index in [0.717, 1.165) is 0 Å². The Hall–Kier alpha value is -0.910. The molecular formula is C10H17NO4S. The van der Waals surface area contributed by atoms with Gasteiger partial charge in [-0.3, -0.25) is 4.79 Å². The Balaban J connectivity index is 2.25. The average Bonchev–Trinajstić information content (AvgIpc) is 2.06. The largest absolute Gasteiger partial charge is 0.458 e. The van der Waals surface area contributed by atoms with Crippen LogP contribution in [0.3, 0.4) is 0 Å². The third kappa shape index (κ3) is 3.92. The summed E-state index contributed by atoms with van der Waals surface area (Å²) < 4.78 is 10.1. The summed E-state index contributed by atoms with van der Waals surface area (Å²) in [7, 11) is 0. The molecule has 1 heterocycles. The number of carbonyl (C=O) groups excluding carboxylic acids is 2. The van der Waals surface area contributed by atoms with Gasteiger partial charge >= 0.3 is 12.1 Å². The molecule has 6 heteroatoms. The quantitative estimate of drug-likeness (QED) is 0.586. The van der Waals surface area contributed by atoms with E-state index in [9.17, 15) is 9.59 Å². The summed E-state index contributed by atoms with van der Waals surface area (Å²) in [5.74, 6) is -0.305. The molecule has 1 amide bonds. The number of hydrogen-bond acceptors (Lipinski definition) is 5. The normalized spacial score (nSPS) is 16.6. The SMILES string of the molecule is CC(C)(C)OC(=O)N1CC(OC(=O)CS)C1. The first-order valence-corrected chi connectivity index (χ1v) is 5.73. The first-order valence-electron chi connectivity index (χ1n) is 5.10. The minimum absolute atomic E-state index is 0.0585. The van der Waals surface area contributed by atoms with Crippen LogP contribution in [0.1, 0.15) is 20.8 Å². The Bertz CT molecular complexity index is 281. The number of likely N-dealkylation sites (tertiary alicyclic amines) is 1. The van der Waals surface area contributed by atoms with Gasteiger partial charge < -0.3 is 14.4 Å². The predicted octanol–water partition coefficient (Wildman–Crippen LogP) is 1.08. The lowest BCUT2D eigenvalue weighted by molar-refractivity contribution is -0.153. The number of hydrogen-bond donors (Lipinski definition) is 1. The fourth-order valence-corrected chi connectivity index (χ4v) is 1.29. The molecular weight excluding hydrogens is 230 g/mol. The molecule has 0 saturated carbocycles. The van der Waals surface area contributed by atoms with Crippen LogP contribution in [0.15, 0.2) is 0 Å². The molecule has 0 bridgehead atoms. The van der Waals surface area contributed by atoms with Crippen molar-refractivity contribution in [2.45, 2.75) is 32.5 Å². The molecule has 16 heavy (non-hydrogen) atoms. The number of amides is 1. The molecule has 0 unspecified atom stereocenters. The van der Waals surface area contributed by atoms with E-state index in [1.54, 1.807) is 0 Å². The Morgan fingerprint density at radius 3 is 2.38 bits per heavy atom. The van der Waals surface area contributed by atoms with E-state index >= 15 is 0 Å². The van der Waals surface area contributed by atoms with Crippen LogP contribution in [0, 0.1) is 0 Å². The summed E-state index contributed by atoms with van der Waals surface area (Å²) in [6, 6.07) is 0. The van der Waals surface area contributed by atoms with Crippen molar-refractivity contribution in [1.82, 2.24) is 4.90 Å². The van der Waals surface area contributed by atoms with Crippen LogP contribution in [0.4, 0.5) is 4.79 Å². The third-order valence-corrected chi connectivity index (χ3v) is 2.19. The zero-order valence-corrected chi connectivity index (χ0v) is 10.6. The van der Waals surface area contributed by atoms with Crippen LogP contribution in [0.2, 0.25) is 0 Å². The fourth-order valence-electron chi connectivity index (χ4n) is 1.21. The van der Waals surface area contributed by atoms with Gasteiger partial charge in [-0.1, -0.05) is 0 Å². The van der Waals surface area contributed by atoms with E-state index in [1.165, 1.54) is 4.90 Å². The topological polar surface area (TPSA) is 55.8 Å². The second kappa shape index (κ2) is 4.95. The summed E-state index contributed by atoms with van der Waals surface area (Å²) in [4.78, 5) is 23.9. The van der Waals surface area contributed by atoms with Crippen LogP contribution < -0.4 is 0 Å². The molecule has 0 atom stereocenters. The van der Waals surface area contributed by atoms with Crippen molar-refractivity contribution in [3.05, 3.63) is 0 Å². The monoisotopic (exact) mass is 247 g/mol. The van der Waals surface area contributed by atoms with Crippen LogP contribution in [0.5, 0.6) is 0 Å². The lowest BCUT2D eigenvalue weighted by Crippen LogP contribution is -2.56. The van der Waals surface area contributed by atoms with Crippen LogP contribution in [-0.2, 0) is 14.3 Å². The summed E-state index contributed by atoms with van der Waals surface area (Å²) in [6.45, 7) is 6.22. The average molecular weight is 247 g/mol. The Morgan fingerprint density at radius 2 is 1.94 bits per heavy atom. The predicted molar refractivity (Wildman–Crippen MR) is 61.5 cm³/mol. The molecule has 1 aliphatic rings. The number of carbonyl (C=O) groups is 2. The zero-order valence-electron chi connectivity index (χ0n) is 9.73. The molecule has 0 radical (unpaired) electrons. The minimum Gasteiger partial charge on any atom is -0.458 e. The maximum absolute atomic E-state index is 11.5. The van der Waals surface area contributed by atoms with Crippen molar-refractivity contribution >= 4 is 24.7 Å². The highest BCUT2D eigenvalue weighted by atomic mass is 32.1. The van der Waals surface area contributed by atoms with Gasteiger partial charge in [-0.25, -0.2) is 4.79 Å². The van der Waals surface area contributed by atoms with Crippen molar-refractivity contribution in [3.63, 3.8) is 0 Å². The molecule has 0 aliphatic carbocycles. The molecule has 0 spiro atoms. The number of esters is 1. The maximum Gasteiger partial charge on any atom is 0.410 e. The highest BCUT2D eigenvalue weighted by Gasteiger charge is 2.35. The molecule has 5 nitrogen and oxygen atoms in total. The Labute approximate surface area is 100 Å². The number of rotatable bonds is 2. The van der Waals surface area contributed by atoms with Gasteiger partial charge in [-0.2, -0.15) is 12.6 Å². The minimum atomic E-state index is -0.496. The van der Waals surface area contributed by atoms with Gasteiger partial charge in [-0.05, 0) is 20.8 Å². The molecule has 0 aromatic heterocycles. The zero-order chi connectivity index (χ0) is 12.3. The number of nitrogens with zero attached hydrogens (tertiary/aromatic N) is 1. The van der Waals surface area contributed by atoms with E-state index in [0.29, 0.717) is 13.1 Å². The molecule has 0 N–H and O–H groups in total. The Morgan fingerprint density at radius 1 is 1.38 bits per heavy atom. The van der Waals surface area contributed by atoms with Gasteiger partial charge in [0, 0.05) is 0 Å². The molecule has 1 aliphatic heterocycles. The van der Waals surface area contributed by atoms with Gasteiger partial charge in [0.05, 0.1) is 18.8 Å². The first-order chi connectivity index (χ1) is 7.31. The van der Waals surface area contributed by atoms with Crippen molar-refractivity contribution in [2.24, 2.45) is 0 Å². The first kappa shape index (κ1) is 13.2. The summed E-state index contributed by atoms with van der Waals surface area (Å²) in [5.41, 5.74) is -0.496. The van der Waals surface area contributed by atoms with E-state index in [2.05, 4.69) is 12.6 Å². The summed E-state index contributed by atoms with van der Waals surface area (Å²) in [5, 5.41) is 0. The summed E-state index contributed by atoms with van der Waals surface area (Å²) in [6.07, 6.45) is -0.585. The second-order valence-corrected chi connectivity index (χ2v) is 4.97. The molecule has 92 valence electrons. The van der Waals surface area contributed by atoms with Crippen LogP contribution in [0.25, 0.3) is 0 Å². The van der Waals surface area contributed by atoms with E-state index in [-0.39, 0.29) is 23.9 Å². The smallest absolute Gasteiger partial charge is 0.410 e. The molecule has 1 fully saturated rings. The van der Waals surface area contributed by atoms with Gasteiger partial charge in [0.25, 0.3) is 0 Å². The molecule has 0 aromatic rings. The number of thiol groups is 1. The van der Waals surface area contributed by atoms with Gasteiger partial charge in [-0.15, -0.1) is 0 Å². The lowest BCUT2D eigenvalue weighted by Gasteiger charge is -2.38. The summed E-state index contributed by atoms with van der Waals surface area (Å²) >= 11 is 3.79. The van der Waals surface area contributed by atoms with Gasteiger partial charge in [0.15, 0.2) is 0 Å². The lowest BCUT2D eigenvalue weighted by atomic mass is 10.2. The van der Waals surface area contributed by atoms with Crippen LogP contribution in [-0.4, -0.2) is 47.5 Å². The van der Waals surface area contributed by atoms with Gasteiger partial charge in [0.1, 0.15) is 11.7 Å². The third-order valence-electron chi connectivity index (χ3n) is 1.93. The van der Waals surface area contributed by atoms with Crippen molar-refractivity contribution in [3.8, 4) is 0 Å². The fraction of sp³-hybridized carbons (Fsp3) is 0.800. The number of ether oxygens (including phenoxy) is 2. The molecule has 1 rings (SSSR count). The van der Waals surface area contributed by atoms with E-state index < -0.39 is 5.60 Å². The van der Waals surface area contributed by atoms with Crippen molar-refractivity contribution in [1.29, 1.82) is 0 Å². The standard InChI is InChI=1S/C10H17NO4S/c1-10(2,3)15-9(13)11-4-7(5-11)14-8(12)6-16/h7,16H,4-6H2,1-3H3.